The van der Waals surface area contributed by atoms with Crippen molar-refractivity contribution in [3.8, 4) is 5.75 Å². The van der Waals surface area contributed by atoms with Crippen molar-refractivity contribution in [2.75, 3.05) is 21.3 Å². The molecule has 2 atom stereocenters. The van der Waals surface area contributed by atoms with E-state index in [0.717, 1.165) is 5.76 Å². The first-order chi connectivity index (χ1) is 16.7. The smallest absolute Gasteiger partial charge is 0.258 e. The standard InChI is InChI=1S/C29H48O6Si/c1-17(2)36(18(3)4,19(5)6)35-24-16-22(29(8,9)27(31)20(24)7)26(30)25-21(28(33-11)34-12)14-13-15-23(25)32-10/h13-15,17-19,22,26,28,30H,16H2,1-12H3/t22-,26+/m0/s1. The first kappa shape index (κ1) is 30.6. The van der Waals surface area contributed by atoms with Gasteiger partial charge in [-0.3, -0.25) is 4.79 Å². The van der Waals surface area contributed by atoms with Crippen molar-refractivity contribution in [1.29, 1.82) is 0 Å². The van der Waals surface area contributed by atoms with Crippen LogP contribution in [0.4, 0.5) is 0 Å². The third-order valence-corrected chi connectivity index (χ3v) is 14.4. The number of aliphatic hydroxyl groups is 1. The molecular weight excluding hydrogens is 472 g/mol. The molecule has 0 amide bonds. The molecule has 1 aliphatic carbocycles. The summed E-state index contributed by atoms with van der Waals surface area (Å²) in [7, 11) is 2.40. The minimum atomic E-state index is -2.29. The Kier molecular flexibility index (Phi) is 10.0. The summed E-state index contributed by atoms with van der Waals surface area (Å²) in [6, 6.07) is 5.52. The van der Waals surface area contributed by atoms with Crippen molar-refractivity contribution < 1.29 is 28.5 Å². The molecule has 0 saturated carbocycles. The largest absolute Gasteiger partial charge is 0.545 e. The molecule has 36 heavy (non-hydrogen) atoms. The molecule has 7 heteroatoms. The van der Waals surface area contributed by atoms with E-state index in [1.165, 1.54) is 0 Å². The Labute approximate surface area is 219 Å². The number of aliphatic hydroxyl groups excluding tert-OH is 1. The highest BCUT2D eigenvalue weighted by atomic mass is 28.4. The number of allylic oxidation sites excluding steroid dienone is 2. The summed E-state index contributed by atoms with van der Waals surface area (Å²) in [5.41, 5.74) is 2.25. The number of rotatable bonds is 11. The molecule has 2 rings (SSSR count). The van der Waals surface area contributed by atoms with Crippen LogP contribution < -0.4 is 4.74 Å². The van der Waals surface area contributed by atoms with Gasteiger partial charge in [0.1, 0.15) is 5.75 Å². The molecule has 1 aromatic carbocycles. The van der Waals surface area contributed by atoms with E-state index in [9.17, 15) is 9.90 Å². The Balaban J connectivity index is 2.66. The van der Waals surface area contributed by atoms with E-state index in [1.807, 2.05) is 39.0 Å². The molecule has 1 aliphatic rings. The summed E-state index contributed by atoms with van der Waals surface area (Å²) in [5, 5.41) is 12.0. The van der Waals surface area contributed by atoms with Gasteiger partial charge in [0.2, 0.25) is 0 Å². The topological polar surface area (TPSA) is 74.2 Å². The predicted octanol–water partition coefficient (Wildman–Crippen LogP) is 7.10. The lowest BCUT2D eigenvalue weighted by molar-refractivity contribution is -0.131. The first-order valence-electron chi connectivity index (χ1n) is 13.1. The van der Waals surface area contributed by atoms with Gasteiger partial charge in [0.25, 0.3) is 8.32 Å². The lowest BCUT2D eigenvalue weighted by atomic mass is 9.64. The van der Waals surface area contributed by atoms with E-state index in [4.69, 9.17) is 18.6 Å². The zero-order chi connectivity index (χ0) is 27.6. The van der Waals surface area contributed by atoms with Crippen LogP contribution in [0.5, 0.6) is 5.75 Å². The summed E-state index contributed by atoms with van der Waals surface area (Å²) in [6.07, 6.45) is -1.21. The fraction of sp³-hybridized carbons (Fsp3) is 0.690. The Bertz CT molecular complexity index is 923. The van der Waals surface area contributed by atoms with Gasteiger partial charge in [0.05, 0.1) is 19.0 Å². The molecule has 0 saturated heterocycles. The van der Waals surface area contributed by atoms with E-state index in [-0.39, 0.29) is 5.78 Å². The number of Topliss-reactive ketones (excluding diaryl/α,β-unsaturated/α-hetero) is 1. The van der Waals surface area contributed by atoms with Gasteiger partial charge in [-0.25, -0.2) is 0 Å². The van der Waals surface area contributed by atoms with E-state index < -0.39 is 32.0 Å². The second-order valence-electron chi connectivity index (χ2n) is 11.5. The molecule has 0 aromatic heterocycles. The van der Waals surface area contributed by atoms with Gasteiger partial charge >= 0.3 is 0 Å². The summed E-state index contributed by atoms with van der Waals surface area (Å²) in [5.74, 6) is 0.855. The summed E-state index contributed by atoms with van der Waals surface area (Å²) in [4.78, 5) is 13.8. The minimum absolute atomic E-state index is 0.0125. The van der Waals surface area contributed by atoms with Crippen molar-refractivity contribution in [3.05, 3.63) is 40.7 Å². The molecule has 1 N–H and O–H groups in total. The number of carbonyl (C=O) groups excluding carboxylic acids is 1. The average Bonchev–Trinajstić information content (AvgIpc) is 2.81. The highest BCUT2D eigenvalue weighted by Crippen LogP contribution is 2.52. The second-order valence-corrected chi connectivity index (χ2v) is 16.9. The van der Waals surface area contributed by atoms with Crippen LogP contribution in [0, 0.1) is 11.3 Å². The third-order valence-electron chi connectivity index (χ3n) is 8.36. The van der Waals surface area contributed by atoms with Crippen LogP contribution in [0.15, 0.2) is 29.5 Å². The van der Waals surface area contributed by atoms with Crippen LogP contribution in [-0.4, -0.2) is 40.5 Å². The maximum atomic E-state index is 13.8. The van der Waals surface area contributed by atoms with Crippen molar-refractivity contribution >= 4 is 14.1 Å². The van der Waals surface area contributed by atoms with Gasteiger partial charge in [-0.05, 0) is 29.6 Å². The molecule has 0 fully saturated rings. The van der Waals surface area contributed by atoms with Crippen LogP contribution in [0.3, 0.4) is 0 Å². The molecular formula is C29H48O6Si. The number of hydrogen-bond donors (Lipinski definition) is 1. The van der Waals surface area contributed by atoms with Crippen LogP contribution in [0.2, 0.25) is 16.6 Å². The van der Waals surface area contributed by atoms with Crippen molar-refractivity contribution in [2.45, 2.75) is 97.8 Å². The molecule has 0 unspecified atom stereocenters. The molecule has 0 spiro atoms. The van der Waals surface area contributed by atoms with Gasteiger partial charge in [-0.2, -0.15) is 0 Å². The van der Waals surface area contributed by atoms with Crippen LogP contribution in [0.25, 0.3) is 0 Å². The van der Waals surface area contributed by atoms with Gasteiger partial charge < -0.3 is 23.7 Å². The zero-order valence-corrected chi connectivity index (χ0v) is 25.4. The molecule has 0 radical (unpaired) electrons. The molecule has 0 heterocycles. The summed E-state index contributed by atoms with van der Waals surface area (Å²) < 4.78 is 23.8. The van der Waals surface area contributed by atoms with Crippen molar-refractivity contribution in [2.24, 2.45) is 11.3 Å². The van der Waals surface area contributed by atoms with Crippen LogP contribution >= 0.6 is 0 Å². The van der Waals surface area contributed by atoms with Gasteiger partial charge in [0.15, 0.2) is 12.1 Å². The Morgan fingerprint density at radius 3 is 1.94 bits per heavy atom. The van der Waals surface area contributed by atoms with Crippen molar-refractivity contribution in [1.82, 2.24) is 0 Å². The predicted molar refractivity (Wildman–Crippen MR) is 146 cm³/mol. The summed E-state index contributed by atoms with van der Waals surface area (Å²) >= 11 is 0. The molecule has 0 bridgehead atoms. The molecule has 0 aliphatic heterocycles. The highest BCUT2D eigenvalue weighted by Gasteiger charge is 2.52. The Morgan fingerprint density at radius 1 is 0.972 bits per heavy atom. The molecule has 6 nitrogen and oxygen atoms in total. The first-order valence-corrected chi connectivity index (χ1v) is 15.2. The lowest BCUT2D eigenvalue weighted by Gasteiger charge is -2.47. The van der Waals surface area contributed by atoms with E-state index >= 15 is 0 Å². The fourth-order valence-corrected chi connectivity index (χ4v) is 11.8. The second kappa shape index (κ2) is 11.8. The number of carbonyl (C=O) groups is 1. The number of ether oxygens (including phenoxy) is 3. The van der Waals surface area contributed by atoms with E-state index in [0.29, 0.717) is 45.5 Å². The minimum Gasteiger partial charge on any atom is -0.545 e. The van der Waals surface area contributed by atoms with Gasteiger partial charge in [-0.15, -0.1) is 0 Å². The lowest BCUT2D eigenvalue weighted by Crippen LogP contribution is -2.49. The third kappa shape index (κ3) is 5.31. The Morgan fingerprint density at radius 2 is 1.50 bits per heavy atom. The Hall–Kier alpha value is -1.67. The number of hydrogen-bond acceptors (Lipinski definition) is 6. The zero-order valence-electron chi connectivity index (χ0n) is 24.4. The van der Waals surface area contributed by atoms with Crippen LogP contribution in [-0.2, 0) is 18.7 Å². The fourth-order valence-electron chi connectivity index (χ4n) is 6.39. The van der Waals surface area contributed by atoms with Gasteiger partial charge in [0, 0.05) is 48.7 Å². The number of methoxy groups -OCH3 is 3. The van der Waals surface area contributed by atoms with Crippen molar-refractivity contribution in [3.63, 3.8) is 0 Å². The number of benzene rings is 1. The van der Waals surface area contributed by atoms with Gasteiger partial charge in [-0.1, -0.05) is 67.5 Å². The number of ketones is 1. The quantitative estimate of drug-likeness (QED) is 0.248. The highest BCUT2D eigenvalue weighted by molar-refractivity contribution is 6.77. The molecule has 1 aromatic rings. The molecule has 204 valence electrons. The average molecular weight is 521 g/mol. The maximum Gasteiger partial charge on any atom is 0.258 e. The SMILES string of the molecule is COc1cccc(C(OC)OC)c1[C@H](O)[C@@H]1CC(O[Si](C(C)C)(C(C)C)C(C)C)=C(C)C(=O)C1(C)C. The van der Waals surface area contributed by atoms with E-state index in [2.05, 4.69) is 41.5 Å². The van der Waals surface area contributed by atoms with Crippen LogP contribution in [0.1, 0.15) is 92.3 Å². The van der Waals surface area contributed by atoms with E-state index in [1.54, 1.807) is 21.3 Å². The normalized spacial score (nSPS) is 19.6. The summed E-state index contributed by atoms with van der Waals surface area (Å²) in [6.45, 7) is 19.1. The maximum absolute atomic E-state index is 13.8. The monoisotopic (exact) mass is 520 g/mol.